The molecule has 4 rings (SSSR count). The molecule has 9 heteroatoms. The highest BCUT2D eigenvalue weighted by Crippen LogP contribution is 2.30. The highest BCUT2D eigenvalue weighted by molar-refractivity contribution is 7.92. The fourth-order valence-corrected chi connectivity index (χ4v) is 5.32. The molecule has 6 nitrogen and oxygen atoms in total. The van der Waals surface area contributed by atoms with Gasteiger partial charge in [0.15, 0.2) is 0 Å². The Morgan fingerprint density at radius 3 is 2.61 bits per heavy atom. The maximum absolute atomic E-state index is 15.0. The summed E-state index contributed by atoms with van der Waals surface area (Å²) in [4.78, 5) is 7.59. The van der Waals surface area contributed by atoms with Crippen molar-refractivity contribution >= 4 is 21.5 Å². The number of anilines is 2. The second-order valence-electron chi connectivity index (χ2n) is 8.31. The predicted molar refractivity (Wildman–Crippen MR) is 125 cm³/mol. The Morgan fingerprint density at radius 1 is 1.15 bits per heavy atom. The molecule has 1 aliphatic rings. The number of aryl methyl sites for hydroxylation is 1. The minimum Gasteiger partial charge on any atom is -0.370 e. The summed E-state index contributed by atoms with van der Waals surface area (Å²) in [6, 6.07) is 15.3. The minimum atomic E-state index is -4.22. The summed E-state index contributed by atoms with van der Waals surface area (Å²) in [6.07, 6.45) is 1.82. The van der Waals surface area contributed by atoms with Crippen LogP contribution in [0, 0.1) is 18.6 Å². The SMILES string of the molecule is Cc1cc(S(=O)(=O)Nc2ccc(F)cn2)c(F)cc1N(C)[C@H]1CCN(Cc2ccccc2)C1. The molecule has 0 radical (unpaired) electrons. The van der Waals surface area contributed by atoms with E-state index in [2.05, 4.69) is 26.7 Å². The number of likely N-dealkylation sites (N-methyl/N-ethyl adjacent to an activating group) is 1. The number of sulfonamides is 1. The Balaban J connectivity index is 1.49. The summed E-state index contributed by atoms with van der Waals surface area (Å²) < 4.78 is 55.6. The van der Waals surface area contributed by atoms with Crippen molar-refractivity contribution in [2.75, 3.05) is 29.8 Å². The Kier molecular flexibility index (Phi) is 6.62. The van der Waals surface area contributed by atoms with Crippen LogP contribution >= 0.6 is 0 Å². The van der Waals surface area contributed by atoms with E-state index in [0.717, 1.165) is 38.3 Å². The minimum absolute atomic E-state index is 0.0842. The molecule has 0 saturated carbocycles. The number of likely N-dealkylation sites (tertiary alicyclic amines) is 1. The van der Waals surface area contributed by atoms with Crippen LogP contribution in [-0.2, 0) is 16.6 Å². The van der Waals surface area contributed by atoms with Gasteiger partial charge in [0.2, 0.25) is 0 Å². The van der Waals surface area contributed by atoms with E-state index in [0.29, 0.717) is 11.3 Å². The van der Waals surface area contributed by atoms with Crippen LogP contribution in [0.25, 0.3) is 0 Å². The first-order valence-electron chi connectivity index (χ1n) is 10.7. The van der Waals surface area contributed by atoms with Gasteiger partial charge < -0.3 is 4.90 Å². The highest BCUT2D eigenvalue weighted by atomic mass is 32.2. The fraction of sp³-hybridized carbons (Fsp3) is 0.292. The van der Waals surface area contributed by atoms with Gasteiger partial charge in [-0.3, -0.25) is 9.62 Å². The summed E-state index contributed by atoms with van der Waals surface area (Å²) in [6.45, 7) is 4.40. The summed E-state index contributed by atoms with van der Waals surface area (Å²) in [5, 5.41) is 0. The molecule has 2 heterocycles. The van der Waals surface area contributed by atoms with Crippen LogP contribution in [0.15, 0.2) is 65.7 Å². The largest absolute Gasteiger partial charge is 0.370 e. The topological polar surface area (TPSA) is 65.5 Å². The van der Waals surface area contributed by atoms with Crippen molar-refractivity contribution in [3.63, 3.8) is 0 Å². The standard InChI is InChI=1S/C24H26F2N4O2S/c1-17-12-23(33(31,32)28-24-9-8-19(25)14-27-24)21(26)13-22(17)29(2)20-10-11-30(16-20)15-18-6-4-3-5-7-18/h3-9,12-14,20H,10-11,15-16H2,1-2H3,(H,27,28)/t20-/m0/s1. The first kappa shape index (κ1) is 23.1. The van der Waals surface area contributed by atoms with Crippen molar-refractivity contribution in [3.8, 4) is 0 Å². The van der Waals surface area contributed by atoms with Gasteiger partial charge >= 0.3 is 0 Å². The van der Waals surface area contributed by atoms with Crippen LogP contribution in [-0.4, -0.2) is 44.5 Å². The number of halogens is 2. The summed E-state index contributed by atoms with van der Waals surface area (Å²) >= 11 is 0. The Bertz CT molecular complexity index is 1220. The molecule has 3 aromatic rings. The van der Waals surface area contributed by atoms with E-state index in [1.807, 2.05) is 30.1 Å². The zero-order chi connectivity index (χ0) is 23.6. The van der Waals surface area contributed by atoms with Crippen LogP contribution < -0.4 is 9.62 Å². The van der Waals surface area contributed by atoms with E-state index >= 15 is 0 Å². The van der Waals surface area contributed by atoms with E-state index in [9.17, 15) is 17.2 Å². The van der Waals surface area contributed by atoms with Gasteiger partial charge in [-0.15, -0.1) is 0 Å². The lowest BCUT2D eigenvalue weighted by molar-refractivity contribution is 0.326. The van der Waals surface area contributed by atoms with Gasteiger partial charge in [-0.1, -0.05) is 30.3 Å². The molecule has 1 aromatic heterocycles. The number of nitrogens with zero attached hydrogens (tertiary/aromatic N) is 3. The summed E-state index contributed by atoms with van der Waals surface area (Å²) in [5.41, 5.74) is 2.55. The van der Waals surface area contributed by atoms with Crippen molar-refractivity contribution in [2.45, 2.75) is 30.8 Å². The third kappa shape index (κ3) is 5.31. The smallest absolute Gasteiger partial charge is 0.265 e. The first-order valence-corrected chi connectivity index (χ1v) is 12.1. The van der Waals surface area contributed by atoms with Crippen molar-refractivity contribution in [1.29, 1.82) is 0 Å². The molecular weight excluding hydrogens is 446 g/mol. The summed E-state index contributed by atoms with van der Waals surface area (Å²) in [7, 11) is -2.31. The quantitative estimate of drug-likeness (QED) is 0.559. The van der Waals surface area contributed by atoms with Gasteiger partial charge in [0.05, 0.1) is 6.20 Å². The second-order valence-corrected chi connectivity index (χ2v) is 9.96. The molecule has 0 bridgehead atoms. The number of hydrogen-bond acceptors (Lipinski definition) is 5. The number of benzene rings is 2. The lowest BCUT2D eigenvalue weighted by Crippen LogP contribution is -2.35. The van der Waals surface area contributed by atoms with Crippen LogP contribution in [0.3, 0.4) is 0 Å². The zero-order valence-corrected chi connectivity index (χ0v) is 19.3. The zero-order valence-electron chi connectivity index (χ0n) is 18.5. The lowest BCUT2D eigenvalue weighted by Gasteiger charge is -2.29. The number of nitrogens with one attached hydrogen (secondary N) is 1. The Morgan fingerprint density at radius 2 is 1.91 bits per heavy atom. The van der Waals surface area contributed by atoms with E-state index in [1.165, 1.54) is 23.8 Å². The molecule has 1 atom stereocenters. The molecule has 0 unspecified atom stereocenters. The lowest BCUT2D eigenvalue weighted by atomic mass is 10.1. The Hall–Kier alpha value is -3.04. The number of rotatable bonds is 7. The van der Waals surface area contributed by atoms with Gasteiger partial charge in [-0.25, -0.2) is 22.2 Å². The van der Waals surface area contributed by atoms with Crippen molar-refractivity contribution in [1.82, 2.24) is 9.88 Å². The van der Waals surface area contributed by atoms with Crippen LogP contribution in [0.4, 0.5) is 20.3 Å². The highest BCUT2D eigenvalue weighted by Gasteiger charge is 2.28. The number of pyridine rings is 1. The third-order valence-electron chi connectivity index (χ3n) is 5.93. The average Bonchev–Trinajstić information content (AvgIpc) is 3.25. The normalized spacial score (nSPS) is 16.7. The molecule has 33 heavy (non-hydrogen) atoms. The monoisotopic (exact) mass is 472 g/mol. The molecule has 174 valence electrons. The van der Waals surface area contributed by atoms with Crippen molar-refractivity contribution < 1.29 is 17.2 Å². The van der Waals surface area contributed by atoms with E-state index in [-0.39, 0.29) is 11.9 Å². The van der Waals surface area contributed by atoms with Crippen molar-refractivity contribution in [3.05, 3.63) is 83.6 Å². The van der Waals surface area contributed by atoms with Crippen LogP contribution in [0.2, 0.25) is 0 Å². The third-order valence-corrected chi connectivity index (χ3v) is 7.30. The molecular formula is C24H26F2N4O2S. The molecule has 1 aliphatic heterocycles. The van der Waals surface area contributed by atoms with Gasteiger partial charge in [-0.2, -0.15) is 0 Å². The maximum Gasteiger partial charge on any atom is 0.265 e. The molecule has 1 saturated heterocycles. The molecule has 0 spiro atoms. The molecule has 0 amide bonds. The van der Waals surface area contributed by atoms with Crippen LogP contribution in [0.1, 0.15) is 17.5 Å². The van der Waals surface area contributed by atoms with E-state index in [1.54, 1.807) is 6.92 Å². The summed E-state index contributed by atoms with van der Waals surface area (Å²) in [5.74, 6) is -1.53. The fourth-order valence-electron chi connectivity index (χ4n) is 4.17. The average molecular weight is 473 g/mol. The van der Waals surface area contributed by atoms with E-state index < -0.39 is 26.6 Å². The molecule has 1 fully saturated rings. The number of hydrogen-bond donors (Lipinski definition) is 1. The van der Waals surface area contributed by atoms with Gasteiger partial charge in [0.1, 0.15) is 22.3 Å². The van der Waals surface area contributed by atoms with Gasteiger partial charge in [-0.05, 0) is 48.7 Å². The van der Waals surface area contributed by atoms with E-state index in [4.69, 9.17) is 0 Å². The van der Waals surface area contributed by atoms with Crippen molar-refractivity contribution in [2.24, 2.45) is 0 Å². The van der Waals surface area contributed by atoms with Crippen LogP contribution in [0.5, 0.6) is 0 Å². The predicted octanol–water partition coefficient (Wildman–Crippen LogP) is 4.18. The molecule has 1 N–H and O–H groups in total. The Labute approximate surface area is 192 Å². The molecule has 2 aromatic carbocycles. The first-order chi connectivity index (χ1) is 15.7. The second kappa shape index (κ2) is 9.44. The number of aromatic nitrogens is 1. The molecule has 0 aliphatic carbocycles. The maximum atomic E-state index is 15.0. The van der Waals surface area contributed by atoms with Gasteiger partial charge in [0.25, 0.3) is 10.0 Å². The van der Waals surface area contributed by atoms with Gasteiger partial charge in [0, 0.05) is 38.4 Å².